The Kier molecular flexibility index (Phi) is 6.26. The van der Waals surface area contributed by atoms with Crippen LogP contribution in [0.5, 0.6) is 0 Å². The van der Waals surface area contributed by atoms with Gasteiger partial charge in [0, 0.05) is 6.04 Å². The lowest BCUT2D eigenvalue weighted by atomic mass is 9.80. The average molecular weight is 275 g/mol. The zero-order valence-corrected chi connectivity index (χ0v) is 14.7. The fraction of sp³-hybridized carbons (Fsp3) is 0.684. The molecule has 0 aromatic heterocycles. The zero-order chi connectivity index (χ0) is 15.4. The zero-order valence-electron chi connectivity index (χ0n) is 14.7. The molecule has 1 rings (SSSR count). The largest absolute Gasteiger partial charge is 0.303 e. The number of hydrogen-bond acceptors (Lipinski definition) is 1. The van der Waals surface area contributed by atoms with E-state index in [1.54, 1.807) is 5.56 Å². The second-order valence-electron chi connectivity index (χ2n) is 6.76. The summed E-state index contributed by atoms with van der Waals surface area (Å²) in [6.07, 6.45) is 0. The van der Waals surface area contributed by atoms with Crippen LogP contribution in [-0.4, -0.2) is 24.5 Å². The monoisotopic (exact) mass is 275 g/mol. The van der Waals surface area contributed by atoms with E-state index >= 15 is 0 Å². The molecule has 114 valence electrons. The molecule has 0 saturated carbocycles. The molecule has 0 saturated heterocycles. The summed E-state index contributed by atoms with van der Waals surface area (Å²) in [5.41, 5.74) is 4.64. The molecule has 0 spiro atoms. The first-order chi connectivity index (χ1) is 9.31. The maximum atomic E-state index is 2.45. The van der Waals surface area contributed by atoms with E-state index in [9.17, 15) is 0 Å². The van der Waals surface area contributed by atoms with Crippen LogP contribution >= 0.6 is 0 Å². The van der Waals surface area contributed by atoms with Gasteiger partial charge in [-0.3, -0.25) is 0 Å². The molecule has 2 atom stereocenters. The predicted octanol–water partition coefficient (Wildman–Crippen LogP) is 5.38. The van der Waals surface area contributed by atoms with Crippen LogP contribution in [0.1, 0.15) is 82.9 Å². The fourth-order valence-corrected chi connectivity index (χ4v) is 3.05. The van der Waals surface area contributed by atoms with Crippen LogP contribution in [0.15, 0.2) is 18.2 Å². The molecule has 1 nitrogen and oxygen atoms in total. The highest BCUT2D eigenvalue weighted by Crippen LogP contribution is 2.35. The summed E-state index contributed by atoms with van der Waals surface area (Å²) in [6.45, 7) is 17.3. The van der Waals surface area contributed by atoms with E-state index in [1.807, 2.05) is 0 Å². The third kappa shape index (κ3) is 3.63. The fourth-order valence-electron chi connectivity index (χ4n) is 3.05. The van der Waals surface area contributed by atoms with Crippen LogP contribution < -0.4 is 0 Å². The van der Waals surface area contributed by atoms with E-state index in [1.165, 1.54) is 11.1 Å². The van der Waals surface area contributed by atoms with Crippen LogP contribution in [0, 0.1) is 0 Å². The Morgan fingerprint density at radius 2 is 1.35 bits per heavy atom. The molecule has 0 bridgehead atoms. The van der Waals surface area contributed by atoms with Gasteiger partial charge in [-0.2, -0.15) is 0 Å². The lowest BCUT2D eigenvalue weighted by molar-refractivity contribution is 0.242. The summed E-state index contributed by atoms with van der Waals surface area (Å²) < 4.78 is 0. The third-order valence-electron chi connectivity index (χ3n) is 4.79. The first-order valence-corrected chi connectivity index (χ1v) is 8.14. The van der Waals surface area contributed by atoms with Crippen molar-refractivity contribution in [1.29, 1.82) is 0 Å². The summed E-state index contributed by atoms with van der Waals surface area (Å²) in [4.78, 5) is 2.45. The number of hydrogen-bond donors (Lipinski definition) is 0. The van der Waals surface area contributed by atoms with Crippen molar-refractivity contribution < 1.29 is 0 Å². The van der Waals surface area contributed by atoms with Crippen molar-refractivity contribution in [2.45, 2.75) is 72.3 Å². The van der Waals surface area contributed by atoms with Gasteiger partial charge in [0.1, 0.15) is 0 Å². The molecule has 2 unspecified atom stereocenters. The second-order valence-corrected chi connectivity index (χ2v) is 6.76. The summed E-state index contributed by atoms with van der Waals surface area (Å²) >= 11 is 0. The van der Waals surface area contributed by atoms with E-state index in [0.29, 0.717) is 23.8 Å². The van der Waals surface area contributed by atoms with E-state index in [2.05, 4.69) is 78.6 Å². The number of likely N-dealkylation sites (N-methyl/N-ethyl adjacent to an activating group) is 1. The van der Waals surface area contributed by atoms with Crippen LogP contribution in [0.2, 0.25) is 0 Å². The quantitative estimate of drug-likeness (QED) is 0.674. The van der Waals surface area contributed by atoms with Gasteiger partial charge in [-0.05, 0) is 55.0 Å². The molecule has 1 heteroatoms. The van der Waals surface area contributed by atoms with Gasteiger partial charge >= 0.3 is 0 Å². The molecule has 0 fully saturated rings. The molecule has 0 aliphatic rings. The van der Waals surface area contributed by atoms with E-state index < -0.39 is 0 Å². The maximum Gasteiger partial charge on any atom is 0.0130 e. The van der Waals surface area contributed by atoms with Crippen molar-refractivity contribution in [3.63, 3.8) is 0 Å². The van der Waals surface area contributed by atoms with Gasteiger partial charge in [-0.1, -0.05) is 59.7 Å². The van der Waals surface area contributed by atoms with Crippen LogP contribution in [0.25, 0.3) is 0 Å². The maximum absolute atomic E-state index is 2.45. The van der Waals surface area contributed by atoms with Crippen molar-refractivity contribution in [3.8, 4) is 0 Å². The number of nitrogens with zero attached hydrogens (tertiary/aromatic N) is 1. The molecule has 0 aliphatic carbocycles. The summed E-state index contributed by atoms with van der Waals surface area (Å²) in [5, 5.41) is 0. The summed E-state index contributed by atoms with van der Waals surface area (Å²) in [5.74, 6) is 1.74. The molecule has 0 amide bonds. The van der Waals surface area contributed by atoms with Crippen molar-refractivity contribution in [3.05, 3.63) is 34.9 Å². The van der Waals surface area contributed by atoms with Crippen LogP contribution in [-0.2, 0) is 0 Å². The van der Waals surface area contributed by atoms with Gasteiger partial charge in [0.25, 0.3) is 0 Å². The molecule has 0 N–H and O–H groups in total. The Bertz CT molecular complexity index is 394. The van der Waals surface area contributed by atoms with E-state index in [-0.39, 0.29) is 0 Å². The molecular weight excluding hydrogens is 242 g/mol. The first kappa shape index (κ1) is 17.2. The lowest BCUT2D eigenvalue weighted by Crippen LogP contribution is -2.34. The minimum absolute atomic E-state index is 0.566. The highest BCUT2D eigenvalue weighted by atomic mass is 15.1. The van der Waals surface area contributed by atoms with Gasteiger partial charge in [0.05, 0.1) is 0 Å². The smallest absolute Gasteiger partial charge is 0.0130 e. The van der Waals surface area contributed by atoms with Crippen LogP contribution in [0.3, 0.4) is 0 Å². The number of benzene rings is 1. The molecule has 0 radical (unpaired) electrons. The van der Waals surface area contributed by atoms with Crippen LogP contribution in [0.4, 0.5) is 0 Å². The van der Waals surface area contributed by atoms with Gasteiger partial charge < -0.3 is 4.90 Å². The van der Waals surface area contributed by atoms with Crippen molar-refractivity contribution in [1.82, 2.24) is 4.90 Å². The summed E-state index contributed by atoms with van der Waals surface area (Å²) in [7, 11) is 2.23. The highest BCUT2D eigenvalue weighted by molar-refractivity contribution is 5.42. The normalized spacial score (nSPS) is 15.2. The Labute approximate surface area is 126 Å². The van der Waals surface area contributed by atoms with E-state index in [4.69, 9.17) is 0 Å². The van der Waals surface area contributed by atoms with Gasteiger partial charge in [0.15, 0.2) is 0 Å². The SMILES string of the molecule is CCN(C)C(C)C(C)c1c(C(C)C)cccc1C(C)C. The molecule has 1 aromatic carbocycles. The van der Waals surface area contributed by atoms with E-state index in [0.717, 1.165) is 6.54 Å². The first-order valence-electron chi connectivity index (χ1n) is 8.14. The minimum Gasteiger partial charge on any atom is -0.303 e. The highest BCUT2D eigenvalue weighted by Gasteiger charge is 2.24. The van der Waals surface area contributed by atoms with Gasteiger partial charge in [0.2, 0.25) is 0 Å². The molecule has 0 heterocycles. The topological polar surface area (TPSA) is 3.24 Å². The lowest BCUT2D eigenvalue weighted by Gasteiger charge is -2.33. The van der Waals surface area contributed by atoms with Crippen molar-refractivity contribution in [2.75, 3.05) is 13.6 Å². The molecular formula is C19H33N. The Hall–Kier alpha value is -0.820. The third-order valence-corrected chi connectivity index (χ3v) is 4.79. The number of rotatable bonds is 6. The Morgan fingerprint density at radius 1 is 0.900 bits per heavy atom. The van der Waals surface area contributed by atoms with Crippen molar-refractivity contribution in [2.24, 2.45) is 0 Å². The minimum atomic E-state index is 0.566. The molecule has 0 aliphatic heterocycles. The molecule has 20 heavy (non-hydrogen) atoms. The standard InChI is InChI=1S/C19H33N/c1-9-20(8)16(7)15(6)19-17(13(2)3)11-10-12-18(19)14(4)5/h10-16H,9H2,1-8H3. The second kappa shape index (κ2) is 7.26. The van der Waals surface area contributed by atoms with Gasteiger partial charge in [-0.15, -0.1) is 0 Å². The Balaban J connectivity index is 3.32. The Morgan fingerprint density at radius 3 is 1.70 bits per heavy atom. The van der Waals surface area contributed by atoms with Crippen molar-refractivity contribution >= 4 is 0 Å². The molecule has 1 aromatic rings. The van der Waals surface area contributed by atoms with Gasteiger partial charge in [-0.25, -0.2) is 0 Å². The average Bonchev–Trinajstić information content (AvgIpc) is 2.43. The predicted molar refractivity (Wildman–Crippen MR) is 90.8 cm³/mol. The summed E-state index contributed by atoms with van der Waals surface area (Å²) in [6, 6.07) is 7.44.